The molecule has 0 unspecified atom stereocenters. The predicted octanol–water partition coefficient (Wildman–Crippen LogP) is 5.54. The second-order valence-electron chi connectivity index (χ2n) is 8.65. The summed E-state index contributed by atoms with van der Waals surface area (Å²) >= 11 is 0. The topological polar surface area (TPSA) is 30.3 Å². The van der Waals surface area contributed by atoms with Gasteiger partial charge in [-0.05, 0) is 94.9 Å². The van der Waals surface area contributed by atoms with Crippen molar-refractivity contribution in [1.29, 1.82) is 0 Å². The average molecular weight is 406 g/mol. The minimum absolute atomic E-state index is 0.765. The number of unbranched alkanes of at least 4 members (excludes halogenated alkanes) is 1. The fraction of sp³-hybridized carbons (Fsp3) is 0.500. The minimum atomic E-state index is 0.765. The molecule has 30 heavy (non-hydrogen) atoms. The lowest BCUT2D eigenvalue weighted by atomic mass is 10.1. The van der Waals surface area contributed by atoms with Crippen LogP contribution in [0.3, 0.4) is 0 Å². The fourth-order valence-corrected chi connectivity index (χ4v) is 4.45. The summed E-state index contributed by atoms with van der Waals surface area (Å²) in [4.78, 5) is 7.55. The first kappa shape index (κ1) is 20.9. The molecule has 160 valence electrons. The van der Waals surface area contributed by atoms with Crippen LogP contribution in [0.1, 0.15) is 49.1 Å². The van der Waals surface area contributed by atoms with Gasteiger partial charge in [-0.3, -0.25) is 0 Å². The van der Waals surface area contributed by atoms with Gasteiger partial charge in [0, 0.05) is 13.0 Å². The van der Waals surface area contributed by atoms with Crippen LogP contribution in [0.5, 0.6) is 5.75 Å². The van der Waals surface area contributed by atoms with Gasteiger partial charge in [-0.2, -0.15) is 0 Å². The molecule has 4 rings (SSSR count). The van der Waals surface area contributed by atoms with Gasteiger partial charge >= 0.3 is 0 Å². The van der Waals surface area contributed by atoms with Crippen LogP contribution in [0.15, 0.2) is 42.5 Å². The number of benzene rings is 2. The summed E-state index contributed by atoms with van der Waals surface area (Å²) in [6.07, 6.45) is 7.13. The van der Waals surface area contributed by atoms with Crippen molar-refractivity contribution >= 4 is 11.0 Å². The number of hydrogen-bond donors (Lipinski definition) is 0. The average Bonchev–Trinajstić information content (AvgIpc) is 3.38. The van der Waals surface area contributed by atoms with Gasteiger partial charge in [-0.1, -0.05) is 24.3 Å². The maximum Gasteiger partial charge on any atom is 0.122 e. The standard InChI is InChI=1S/C26H35N3O/c1-21-13-14-22(2)25(20-21)30-19-8-7-18-29-24-11-4-3-10-23(24)27-26(29)12-9-17-28-15-5-6-16-28/h3-4,10-11,13-14,20H,5-9,12,15-19H2,1-2H3. The van der Waals surface area contributed by atoms with E-state index < -0.39 is 0 Å². The summed E-state index contributed by atoms with van der Waals surface area (Å²) in [5.41, 5.74) is 4.85. The number of aromatic nitrogens is 2. The van der Waals surface area contributed by atoms with E-state index in [2.05, 4.69) is 65.8 Å². The van der Waals surface area contributed by atoms with Gasteiger partial charge in [0.1, 0.15) is 11.6 Å². The van der Waals surface area contributed by atoms with E-state index in [1.165, 1.54) is 61.4 Å². The van der Waals surface area contributed by atoms with Crippen molar-refractivity contribution in [3.8, 4) is 5.75 Å². The van der Waals surface area contributed by atoms with E-state index >= 15 is 0 Å². The molecule has 4 heteroatoms. The number of hydrogen-bond acceptors (Lipinski definition) is 3. The fourth-order valence-electron chi connectivity index (χ4n) is 4.45. The highest BCUT2D eigenvalue weighted by Gasteiger charge is 2.13. The van der Waals surface area contributed by atoms with E-state index in [-0.39, 0.29) is 0 Å². The Hall–Kier alpha value is -2.33. The van der Waals surface area contributed by atoms with Gasteiger partial charge in [0.25, 0.3) is 0 Å². The molecule has 0 N–H and O–H groups in total. The minimum Gasteiger partial charge on any atom is -0.493 e. The molecule has 1 fully saturated rings. The number of likely N-dealkylation sites (tertiary alicyclic amines) is 1. The summed E-state index contributed by atoms with van der Waals surface area (Å²) in [6, 6.07) is 15.0. The van der Waals surface area contributed by atoms with Crippen LogP contribution in [0.2, 0.25) is 0 Å². The number of ether oxygens (including phenoxy) is 1. The summed E-state index contributed by atoms with van der Waals surface area (Å²) in [7, 11) is 0. The van der Waals surface area contributed by atoms with Gasteiger partial charge in [0.05, 0.1) is 17.6 Å². The Kier molecular flexibility index (Phi) is 7.06. The van der Waals surface area contributed by atoms with Crippen molar-refractivity contribution in [3.63, 3.8) is 0 Å². The molecule has 0 amide bonds. The SMILES string of the molecule is Cc1ccc(C)c(OCCCCn2c(CCCN3CCCC3)nc3ccccc32)c1. The number of rotatable bonds is 10. The summed E-state index contributed by atoms with van der Waals surface area (Å²) in [5, 5.41) is 0. The molecular weight excluding hydrogens is 370 g/mol. The number of imidazole rings is 1. The van der Waals surface area contributed by atoms with Crippen LogP contribution in [-0.4, -0.2) is 40.7 Å². The van der Waals surface area contributed by atoms with Crippen LogP contribution in [0, 0.1) is 13.8 Å². The van der Waals surface area contributed by atoms with Crippen LogP contribution in [0.25, 0.3) is 11.0 Å². The van der Waals surface area contributed by atoms with E-state index in [9.17, 15) is 0 Å². The molecule has 2 heterocycles. The van der Waals surface area contributed by atoms with Crippen molar-refractivity contribution in [3.05, 3.63) is 59.4 Å². The van der Waals surface area contributed by atoms with Crippen LogP contribution < -0.4 is 4.74 Å². The highest BCUT2D eigenvalue weighted by molar-refractivity contribution is 5.75. The van der Waals surface area contributed by atoms with Gasteiger partial charge < -0.3 is 14.2 Å². The molecule has 3 aromatic rings. The largest absolute Gasteiger partial charge is 0.493 e. The van der Waals surface area contributed by atoms with Crippen molar-refractivity contribution in [2.45, 2.75) is 58.9 Å². The van der Waals surface area contributed by atoms with E-state index in [1.54, 1.807) is 0 Å². The Bertz CT molecular complexity index is 956. The second kappa shape index (κ2) is 10.1. The molecule has 0 atom stereocenters. The zero-order chi connectivity index (χ0) is 20.8. The molecule has 1 aromatic heterocycles. The van der Waals surface area contributed by atoms with Crippen molar-refractivity contribution in [2.24, 2.45) is 0 Å². The van der Waals surface area contributed by atoms with Crippen LogP contribution >= 0.6 is 0 Å². The van der Waals surface area contributed by atoms with Crippen molar-refractivity contribution in [2.75, 3.05) is 26.2 Å². The zero-order valence-corrected chi connectivity index (χ0v) is 18.6. The molecular formula is C26H35N3O. The Labute approximate surface area is 180 Å². The molecule has 2 aromatic carbocycles. The zero-order valence-electron chi connectivity index (χ0n) is 18.6. The Morgan fingerprint density at radius 2 is 1.77 bits per heavy atom. The highest BCUT2D eigenvalue weighted by Crippen LogP contribution is 2.21. The number of fused-ring (bicyclic) bond motifs is 1. The Morgan fingerprint density at radius 1 is 0.933 bits per heavy atom. The van der Waals surface area contributed by atoms with E-state index in [0.717, 1.165) is 43.7 Å². The van der Waals surface area contributed by atoms with Crippen molar-refractivity contribution < 1.29 is 4.74 Å². The molecule has 0 bridgehead atoms. The lowest BCUT2D eigenvalue weighted by molar-refractivity contribution is 0.301. The van der Waals surface area contributed by atoms with Gasteiger partial charge in [0.15, 0.2) is 0 Å². The molecule has 0 aliphatic carbocycles. The molecule has 0 radical (unpaired) electrons. The normalized spacial score (nSPS) is 14.6. The highest BCUT2D eigenvalue weighted by atomic mass is 16.5. The third kappa shape index (κ3) is 5.23. The van der Waals surface area contributed by atoms with E-state index in [1.807, 2.05) is 0 Å². The molecule has 1 aliphatic heterocycles. The molecule has 0 saturated carbocycles. The van der Waals surface area contributed by atoms with Gasteiger partial charge in [-0.25, -0.2) is 4.98 Å². The Balaban J connectivity index is 1.32. The monoisotopic (exact) mass is 405 g/mol. The number of nitrogens with zero attached hydrogens (tertiary/aromatic N) is 3. The smallest absolute Gasteiger partial charge is 0.122 e. The summed E-state index contributed by atoms with van der Waals surface area (Å²) in [5.74, 6) is 2.26. The first-order valence-electron chi connectivity index (χ1n) is 11.6. The second-order valence-corrected chi connectivity index (χ2v) is 8.65. The first-order chi connectivity index (χ1) is 14.7. The van der Waals surface area contributed by atoms with E-state index in [0.29, 0.717) is 0 Å². The van der Waals surface area contributed by atoms with E-state index in [4.69, 9.17) is 9.72 Å². The molecule has 4 nitrogen and oxygen atoms in total. The molecule has 0 spiro atoms. The first-order valence-corrected chi connectivity index (χ1v) is 11.6. The quantitative estimate of drug-likeness (QED) is 0.415. The third-order valence-electron chi connectivity index (χ3n) is 6.18. The maximum atomic E-state index is 6.05. The van der Waals surface area contributed by atoms with Gasteiger partial charge in [-0.15, -0.1) is 0 Å². The summed E-state index contributed by atoms with van der Waals surface area (Å²) < 4.78 is 8.49. The van der Waals surface area contributed by atoms with Gasteiger partial charge in [0.2, 0.25) is 0 Å². The predicted molar refractivity (Wildman–Crippen MR) is 124 cm³/mol. The lowest BCUT2D eigenvalue weighted by Crippen LogP contribution is -2.21. The lowest BCUT2D eigenvalue weighted by Gasteiger charge is -2.15. The van der Waals surface area contributed by atoms with Crippen LogP contribution in [0.4, 0.5) is 0 Å². The molecule has 1 saturated heterocycles. The molecule has 1 aliphatic rings. The van der Waals surface area contributed by atoms with Crippen molar-refractivity contribution in [1.82, 2.24) is 14.5 Å². The number of aryl methyl sites for hydroxylation is 4. The summed E-state index contributed by atoms with van der Waals surface area (Å²) in [6.45, 7) is 9.75. The maximum absolute atomic E-state index is 6.05. The number of para-hydroxylation sites is 2. The van der Waals surface area contributed by atoms with Crippen LogP contribution in [-0.2, 0) is 13.0 Å². The Morgan fingerprint density at radius 3 is 2.63 bits per heavy atom. The third-order valence-corrected chi connectivity index (χ3v) is 6.18.